The molecule has 0 bridgehead atoms. The number of nitrogens with zero attached hydrogens (tertiary/aromatic N) is 2. The monoisotopic (exact) mass is 385 g/mol. The third-order valence-electron chi connectivity index (χ3n) is 4.03. The lowest BCUT2D eigenvalue weighted by molar-refractivity contribution is -0.135. The summed E-state index contributed by atoms with van der Waals surface area (Å²) in [4.78, 5) is 38.5. The fourth-order valence-corrected chi connectivity index (χ4v) is 2.74. The van der Waals surface area contributed by atoms with E-state index >= 15 is 0 Å². The molecule has 0 radical (unpaired) electrons. The number of carbonyl (C=O) groups excluding carboxylic acids is 2. The largest absolute Gasteiger partial charge is 0.495 e. The van der Waals surface area contributed by atoms with Crippen molar-refractivity contribution < 1.29 is 24.2 Å². The van der Waals surface area contributed by atoms with E-state index in [-0.39, 0.29) is 32.0 Å². The van der Waals surface area contributed by atoms with Gasteiger partial charge in [-0.2, -0.15) is 0 Å². The number of methoxy groups -OCH3 is 1. The Morgan fingerprint density at radius 2 is 1.64 bits per heavy atom. The zero-order chi connectivity index (χ0) is 20.5. The van der Waals surface area contributed by atoms with Gasteiger partial charge in [-0.1, -0.05) is 30.3 Å². The molecule has 0 aliphatic heterocycles. The molecule has 3 N–H and O–H groups in total. The van der Waals surface area contributed by atoms with Crippen molar-refractivity contribution in [2.75, 3.05) is 36.5 Å². The van der Waals surface area contributed by atoms with E-state index in [1.54, 1.807) is 54.6 Å². The molecule has 0 unspecified atom stereocenters. The maximum absolute atomic E-state index is 13.1. The molecule has 0 atom stereocenters. The fraction of sp³-hybridized carbons (Fsp3) is 0.250. The zero-order valence-corrected chi connectivity index (χ0v) is 15.6. The van der Waals surface area contributed by atoms with E-state index in [1.165, 1.54) is 16.9 Å². The Morgan fingerprint density at radius 1 is 1.00 bits per heavy atom. The smallest absolute Gasteiger partial charge is 0.323 e. The topological polar surface area (TPSA) is 113 Å². The first-order valence-corrected chi connectivity index (χ1v) is 8.66. The average molecular weight is 385 g/mol. The molecule has 0 aliphatic carbocycles. The number of carboxylic acid groups (broad SMARTS) is 1. The van der Waals surface area contributed by atoms with E-state index in [0.29, 0.717) is 17.1 Å². The van der Waals surface area contributed by atoms with Gasteiger partial charge in [0.15, 0.2) is 0 Å². The molecule has 8 heteroatoms. The van der Waals surface area contributed by atoms with Gasteiger partial charge in [0.05, 0.1) is 19.3 Å². The van der Waals surface area contributed by atoms with Gasteiger partial charge in [-0.05, 0) is 24.3 Å². The summed E-state index contributed by atoms with van der Waals surface area (Å²) in [6, 6.07) is 15.7. The van der Waals surface area contributed by atoms with E-state index in [2.05, 4.69) is 0 Å². The minimum absolute atomic E-state index is 0.0337. The Labute approximate surface area is 163 Å². The van der Waals surface area contributed by atoms with Gasteiger partial charge in [-0.3, -0.25) is 14.4 Å². The second-order valence-corrected chi connectivity index (χ2v) is 6.02. The normalized spacial score (nSPS) is 10.2. The highest BCUT2D eigenvalue weighted by Crippen LogP contribution is 2.28. The number of hydrogen-bond donors (Lipinski definition) is 2. The minimum atomic E-state index is -1.06. The fourth-order valence-electron chi connectivity index (χ4n) is 2.74. The molecule has 2 aromatic carbocycles. The van der Waals surface area contributed by atoms with E-state index < -0.39 is 11.9 Å². The number of amides is 2. The van der Waals surface area contributed by atoms with Gasteiger partial charge in [0.25, 0.3) is 0 Å². The Balaban J connectivity index is 2.31. The summed E-state index contributed by atoms with van der Waals surface area (Å²) < 4.78 is 5.32. The lowest BCUT2D eigenvalue weighted by Gasteiger charge is -2.28. The molecule has 0 heterocycles. The standard InChI is InChI=1S/C20H23N3O5/c1-28-17-10-6-5-9-16(17)23(12-11-18(21)24)19(25)13-22(14-20(26)27)15-7-3-2-4-8-15/h2-10H,11-14H2,1H3,(H2,21,24)(H,26,27). The Morgan fingerprint density at radius 3 is 2.25 bits per heavy atom. The van der Waals surface area contributed by atoms with Crippen LogP contribution in [0.2, 0.25) is 0 Å². The van der Waals surface area contributed by atoms with Crippen molar-refractivity contribution in [3.63, 3.8) is 0 Å². The van der Waals surface area contributed by atoms with Gasteiger partial charge >= 0.3 is 5.97 Å². The summed E-state index contributed by atoms with van der Waals surface area (Å²) in [6.07, 6.45) is -0.0337. The van der Waals surface area contributed by atoms with Crippen molar-refractivity contribution in [3.05, 3.63) is 54.6 Å². The molecule has 28 heavy (non-hydrogen) atoms. The number of primary amides is 1. The lowest BCUT2D eigenvalue weighted by Crippen LogP contribution is -2.43. The van der Waals surface area contributed by atoms with Crippen molar-refractivity contribution in [3.8, 4) is 5.75 Å². The SMILES string of the molecule is COc1ccccc1N(CCC(N)=O)C(=O)CN(CC(=O)O)c1ccccc1. The van der Waals surface area contributed by atoms with Crippen LogP contribution >= 0.6 is 0 Å². The number of para-hydroxylation sites is 3. The number of carboxylic acids is 1. The Hall–Kier alpha value is -3.55. The molecule has 0 saturated carbocycles. The Bertz CT molecular complexity index is 826. The van der Waals surface area contributed by atoms with Crippen molar-refractivity contribution in [2.24, 2.45) is 5.73 Å². The first kappa shape index (κ1) is 20.8. The highest BCUT2D eigenvalue weighted by Gasteiger charge is 2.23. The second kappa shape index (κ2) is 9.96. The minimum Gasteiger partial charge on any atom is -0.495 e. The number of benzene rings is 2. The number of carbonyl (C=O) groups is 3. The molecule has 0 spiro atoms. The van der Waals surface area contributed by atoms with Gasteiger partial charge in [0.2, 0.25) is 11.8 Å². The summed E-state index contributed by atoms with van der Waals surface area (Å²) in [5.74, 6) is -1.52. The summed E-state index contributed by atoms with van der Waals surface area (Å²) in [6.45, 7) is -0.470. The third-order valence-corrected chi connectivity index (χ3v) is 4.03. The number of ether oxygens (including phenoxy) is 1. The Kier molecular flexibility index (Phi) is 7.38. The number of hydrogen-bond acceptors (Lipinski definition) is 5. The van der Waals surface area contributed by atoms with Crippen LogP contribution in [0, 0.1) is 0 Å². The van der Waals surface area contributed by atoms with E-state index in [9.17, 15) is 19.5 Å². The molecular formula is C20H23N3O5. The lowest BCUT2D eigenvalue weighted by atomic mass is 10.2. The first-order chi connectivity index (χ1) is 13.4. The zero-order valence-electron chi connectivity index (χ0n) is 15.6. The van der Waals surface area contributed by atoms with Gasteiger partial charge in [0, 0.05) is 18.7 Å². The van der Waals surface area contributed by atoms with Crippen LogP contribution in [0.25, 0.3) is 0 Å². The van der Waals surface area contributed by atoms with Crippen molar-refractivity contribution in [1.29, 1.82) is 0 Å². The van der Waals surface area contributed by atoms with E-state index in [4.69, 9.17) is 10.5 Å². The van der Waals surface area contributed by atoms with Crippen LogP contribution < -0.4 is 20.3 Å². The van der Waals surface area contributed by atoms with Crippen LogP contribution in [0.15, 0.2) is 54.6 Å². The quantitative estimate of drug-likeness (QED) is 0.641. The molecule has 148 valence electrons. The summed E-state index contributed by atoms with van der Waals surface area (Å²) in [5, 5.41) is 9.22. The molecule has 0 aliphatic rings. The number of anilines is 2. The van der Waals surface area contributed by atoms with Crippen molar-refractivity contribution in [1.82, 2.24) is 0 Å². The predicted octanol–water partition coefficient (Wildman–Crippen LogP) is 1.49. The number of nitrogens with two attached hydrogens (primary N) is 1. The van der Waals surface area contributed by atoms with Crippen LogP contribution in [-0.2, 0) is 14.4 Å². The van der Waals surface area contributed by atoms with Crippen LogP contribution in [0.3, 0.4) is 0 Å². The molecule has 8 nitrogen and oxygen atoms in total. The number of aliphatic carboxylic acids is 1. The molecule has 0 saturated heterocycles. The van der Waals surface area contributed by atoms with E-state index in [1.807, 2.05) is 0 Å². The molecule has 0 aromatic heterocycles. The molecule has 2 rings (SSSR count). The number of rotatable bonds is 10. The highest BCUT2D eigenvalue weighted by molar-refractivity contribution is 5.98. The van der Waals surface area contributed by atoms with Crippen molar-refractivity contribution in [2.45, 2.75) is 6.42 Å². The second-order valence-electron chi connectivity index (χ2n) is 6.02. The van der Waals surface area contributed by atoms with Gasteiger partial charge in [-0.25, -0.2) is 0 Å². The van der Waals surface area contributed by atoms with Gasteiger partial charge in [-0.15, -0.1) is 0 Å². The van der Waals surface area contributed by atoms with Crippen LogP contribution in [-0.4, -0.2) is 49.6 Å². The highest BCUT2D eigenvalue weighted by atomic mass is 16.5. The van der Waals surface area contributed by atoms with Crippen LogP contribution in [0.1, 0.15) is 6.42 Å². The third kappa shape index (κ3) is 5.73. The summed E-state index contributed by atoms with van der Waals surface area (Å²) >= 11 is 0. The molecule has 2 aromatic rings. The van der Waals surface area contributed by atoms with E-state index in [0.717, 1.165) is 0 Å². The molecular weight excluding hydrogens is 362 g/mol. The average Bonchev–Trinajstić information content (AvgIpc) is 2.68. The van der Waals surface area contributed by atoms with Crippen LogP contribution in [0.5, 0.6) is 5.75 Å². The summed E-state index contributed by atoms with van der Waals surface area (Å²) in [5.41, 5.74) is 6.34. The summed E-state index contributed by atoms with van der Waals surface area (Å²) in [7, 11) is 1.48. The molecule has 0 fully saturated rings. The first-order valence-electron chi connectivity index (χ1n) is 8.66. The van der Waals surface area contributed by atoms with Gasteiger partial charge in [0.1, 0.15) is 12.3 Å². The maximum atomic E-state index is 13.1. The predicted molar refractivity (Wildman–Crippen MR) is 105 cm³/mol. The maximum Gasteiger partial charge on any atom is 0.323 e. The van der Waals surface area contributed by atoms with Crippen molar-refractivity contribution >= 4 is 29.2 Å². The van der Waals surface area contributed by atoms with Crippen LogP contribution in [0.4, 0.5) is 11.4 Å². The van der Waals surface area contributed by atoms with Gasteiger partial charge < -0.3 is 25.4 Å². The molecule has 2 amide bonds.